The summed E-state index contributed by atoms with van der Waals surface area (Å²) in [5.74, 6) is -0.203. The summed E-state index contributed by atoms with van der Waals surface area (Å²) in [7, 11) is 0. The highest BCUT2D eigenvalue weighted by Crippen LogP contribution is 2.26. The van der Waals surface area contributed by atoms with Crippen molar-refractivity contribution in [3.05, 3.63) is 66.0 Å². The molecule has 0 bridgehead atoms. The first-order valence-corrected chi connectivity index (χ1v) is 8.50. The Kier molecular flexibility index (Phi) is 5.23. The first-order valence-electron chi connectivity index (χ1n) is 8.09. The number of halogens is 1. The standard InChI is InChI=1S/C19H21FN2S/c20-16-12-10-15(11-13-16)14-22(18-8-4-5-9-18)19(23)21-17-6-2-1-3-7-17/h1-3,6-7,10-13,18H,4-5,8-9,14H2,(H,21,23). The average Bonchev–Trinajstić information content (AvgIpc) is 3.09. The average molecular weight is 328 g/mol. The fourth-order valence-electron chi connectivity index (χ4n) is 3.09. The Labute approximate surface area is 142 Å². The van der Waals surface area contributed by atoms with Crippen molar-refractivity contribution in [2.24, 2.45) is 0 Å². The topological polar surface area (TPSA) is 15.3 Å². The van der Waals surface area contributed by atoms with Gasteiger partial charge < -0.3 is 10.2 Å². The van der Waals surface area contributed by atoms with E-state index in [1.54, 1.807) is 0 Å². The van der Waals surface area contributed by atoms with Crippen LogP contribution in [0.4, 0.5) is 10.1 Å². The SMILES string of the molecule is Fc1ccc(CN(C(=S)Nc2ccccc2)C2CCCC2)cc1. The molecule has 0 amide bonds. The van der Waals surface area contributed by atoms with E-state index >= 15 is 0 Å². The largest absolute Gasteiger partial charge is 0.342 e. The number of para-hydroxylation sites is 1. The molecule has 2 aromatic carbocycles. The Balaban J connectivity index is 1.74. The van der Waals surface area contributed by atoms with Crippen LogP contribution in [-0.2, 0) is 6.54 Å². The molecule has 0 spiro atoms. The molecule has 4 heteroatoms. The molecule has 0 aromatic heterocycles. The highest BCUT2D eigenvalue weighted by molar-refractivity contribution is 7.80. The molecule has 0 unspecified atom stereocenters. The minimum absolute atomic E-state index is 0.203. The number of nitrogens with one attached hydrogen (secondary N) is 1. The lowest BCUT2D eigenvalue weighted by atomic mass is 10.1. The van der Waals surface area contributed by atoms with Gasteiger partial charge in [-0.1, -0.05) is 43.2 Å². The van der Waals surface area contributed by atoms with Crippen LogP contribution in [-0.4, -0.2) is 16.1 Å². The van der Waals surface area contributed by atoms with Crippen molar-refractivity contribution in [1.82, 2.24) is 4.90 Å². The minimum atomic E-state index is -0.203. The molecule has 0 atom stereocenters. The van der Waals surface area contributed by atoms with Gasteiger partial charge in [0.05, 0.1) is 0 Å². The van der Waals surface area contributed by atoms with Crippen molar-refractivity contribution < 1.29 is 4.39 Å². The van der Waals surface area contributed by atoms with E-state index < -0.39 is 0 Å². The normalized spacial score (nSPS) is 14.7. The van der Waals surface area contributed by atoms with Crippen molar-refractivity contribution >= 4 is 23.0 Å². The van der Waals surface area contributed by atoms with E-state index in [9.17, 15) is 4.39 Å². The van der Waals surface area contributed by atoms with Gasteiger partial charge in [0.25, 0.3) is 0 Å². The summed E-state index contributed by atoms with van der Waals surface area (Å²) in [5.41, 5.74) is 2.08. The van der Waals surface area contributed by atoms with E-state index in [-0.39, 0.29) is 5.82 Å². The van der Waals surface area contributed by atoms with Crippen LogP contribution >= 0.6 is 12.2 Å². The second kappa shape index (κ2) is 7.55. The van der Waals surface area contributed by atoms with Crippen LogP contribution in [0.2, 0.25) is 0 Å². The molecule has 3 rings (SSSR count). The summed E-state index contributed by atoms with van der Waals surface area (Å²) in [5, 5.41) is 4.08. The lowest BCUT2D eigenvalue weighted by Gasteiger charge is -2.32. The monoisotopic (exact) mass is 328 g/mol. The Bertz CT molecular complexity index is 636. The molecule has 1 aliphatic rings. The Morgan fingerprint density at radius 1 is 1.04 bits per heavy atom. The van der Waals surface area contributed by atoms with E-state index in [0.29, 0.717) is 12.6 Å². The summed E-state index contributed by atoms with van der Waals surface area (Å²) < 4.78 is 13.1. The summed E-state index contributed by atoms with van der Waals surface area (Å²) in [6.07, 6.45) is 4.83. The van der Waals surface area contributed by atoms with Crippen LogP contribution in [0.25, 0.3) is 0 Å². The third kappa shape index (κ3) is 4.29. The summed E-state index contributed by atoms with van der Waals surface area (Å²) in [4.78, 5) is 2.25. The summed E-state index contributed by atoms with van der Waals surface area (Å²) >= 11 is 5.66. The van der Waals surface area contributed by atoms with Gasteiger partial charge in [0.2, 0.25) is 0 Å². The van der Waals surface area contributed by atoms with Crippen molar-refractivity contribution in [3.63, 3.8) is 0 Å². The van der Waals surface area contributed by atoms with E-state index in [2.05, 4.69) is 10.2 Å². The number of thiocarbonyl (C=S) groups is 1. The van der Waals surface area contributed by atoms with Crippen molar-refractivity contribution in [1.29, 1.82) is 0 Å². The van der Waals surface area contributed by atoms with Gasteiger partial charge in [0, 0.05) is 18.3 Å². The second-order valence-electron chi connectivity index (χ2n) is 5.99. The van der Waals surface area contributed by atoms with Crippen LogP contribution in [0.15, 0.2) is 54.6 Å². The molecule has 0 aliphatic heterocycles. The smallest absolute Gasteiger partial charge is 0.173 e. The summed E-state index contributed by atoms with van der Waals surface area (Å²) in [6, 6.07) is 17.1. The van der Waals surface area contributed by atoms with Crippen LogP contribution in [0.1, 0.15) is 31.2 Å². The lowest BCUT2D eigenvalue weighted by molar-refractivity contribution is 0.312. The van der Waals surface area contributed by atoms with Gasteiger partial charge in [-0.15, -0.1) is 0 Å². The number of hydrogen-bond acceptors (Lipinski definition) is 1. The van der Waals surface area contributed by atoms with Crippen molar-refractivity contribution in [3.8, 4) is 0 Å². The number of hydrogen-bond donors (Lipinski definition) is 1. The molecule has 23 heavy (non-hydrogen) atoms. The van der Waals surface area contributed by atoms with Crippen LogP contribution in [0.3, 0.4) is 0 Å². The lowest BCUT2D eigenvalue weighted by Crippen LogP contribution is -2.40. The van der Waals surface area contributed by atoms with Gasteiger partial charge in [-0.3, -0.25) is 0 Å². The van der Waals surface area contributed by atoms with Gasteiger partial charge in [-0.05, 0) is 54.9 Å². The fraction of sp³-hybridized carbons (Fsp3) is 0.316. The Morgan fingerprint density at radius 2 is 1.70 bits per heavy atom. The molecule has 1 fully saturated rings. The highest BCUT2D eigenvalue weighted by Gasteiger charge is 2.24. The number of nitrogens with zero attached hydrogens (tertiary/aromatic N) is 1. The third-order valence-electron chi connectivity index (χ3n) is 4.32. The molecule has 1 aliphatic carbocycles. The van der Waals surface area contributed by atoms with E-state index in [0.717, 1.165) is 29.2 Å². The number of anilines is 1. The maximum absolute atomic E-state index is 13.1. The van der Waals surface area contributed by atoms with Gasteiger partial charge in [0.1, 0.15) is 5.82 Å². The van der Waals surface area contributed by atoms with Gasteiger partial charge in [-0.25, -0.2) is 4.39 Å². The first-order chi connectivity index (χ1) is 11.2. The molecule has 2 aromatic rings. The van der Waals surface area contributed by atoms with Crippen LogP contribution < -0.4 is 5.32 Å². The van der Waals surface area contributed by atoms with Crippen LogP contribution in [0.5, 0.6) is 0 Å². The molecule has 0 heterocycles. The second-order valence-corrected chi connectivity index (χ2v) is 6.38. The first kappa shape index (κ1) is 15.9. The molecule has 1 saturated carbocycles. The van der Waals surface area contributed by atoms with Gasteiger partial charge >= 0.3 is 0 Å². The minimum Gasteiger partial charge on any atom is -0.342 e. The zero-order valence-electron chi connectivity index (χ0n) is 13.0. The molecule has 1 N–H and O–H groups in total. The molecule has 2 nitrogen and oxygen atoms in total. The Morgan fingerprint density at radius 3 is 2.35 bits per heavy atom. The molecular formula is C19H21FN2S. The van der Waals surface area contributed by atoms with Gasteiger partial charge in [0.15, 0.2) is 5.11 Å². The zero-order chi connectivity index (χ0) is 16.1. The van der Waals surface area contributed by atoms with Crippen molar-refractivity contribution in [2.45, 2.75) is 38.3 Å². The van der Waals surface area contributed by atoms with E-state index in [1.165, 1.54) is 25.0 Å². The Hall–Kier alpha value is -1.94. The predicted octanol–water partition coefficient (Wildman–Crippen LogP) is 4.97. The fourth-order valence-corrected chi connectivity index (χ4v) is 3.42. The quantitative estimate of drug-likeness (QED) is 0.798. The number of rotatable bonds is 4. The third-order valence-corrected chi connectivity index (χ3v) is 4.65. The van der Waals surface area contributed by atoms with E-state index in [4.69, 9.17) is 12.2 Å². The highest BCUT2D eigenvalue weighted by atomic mass is 32.1. The van der Waals surface area contributed by atoms with Crippen molar-refractivity contribution in [2.75, 3.05) is 5.32 Å². The number of benzene rings is 2. The van der Waals surface area contributed by atoms with E-state index in [1.807, 2.05) is 42.5 Å². The van der Waals surface area contributed by atoms with Crippen LogP contribution in [0, 0.1) is 5.82 Å². The van der Waals surface area contributed by atoms with Gasteiger partial charge in [-0.2, -0.15) is 0 Å². The molecular weight excluding hydrogens is 307 g/mol. The molecule has 120 valence electrons. The molecule has 0 saturated heterocycles. The maximum Gasteiger partial charge on any atom is 0.173 e. The molecule has 0 radical (unpaired) electrons. The predicted molar refractivity (Wildman–Crippen MR) is 96.9 cm³/mol. The maximum atomic E-state index is 13.1. The zero-order valence-corrected chi connectivity index (χ0v) is 13.9. The summed E-state index contributed by atoms with van der Waals surface area (Å²) in [6.45, 7) is 0.712.